The fourth-order valence-corrected chi connectivity index (χ4v) is 3.79. The van der Waals surface area contributed by atoms with Gasteiger partial charge in [0.25, 0.3) is 0 Å². The molecule has 1 fully saturated rings. The fraction of sp³-hybridized carbons (Fsp3) is 0.706. The van der Waals surface area contributed by atoms with Crippen LogP contribution in [0, 0.1) is 0 Å². The van der Waals surface area contributed by atoms with Crippen LogP contribution in [0.3, 0.4) is 0 Å². The number of carbonyl (C=O) groups is 1. The minimum atomic E-state index is 0.202. The number of amides is 1. The molecule has 1 N–H and O–H groups in total. The Bertz CT molecular complexity index is 397. The van der Waals surface area contributed by atoms with Crippen LogP contribution in [0.1, 0.15) is 62.8 Å². The van der Waals surface area contributed by atoms with E-state index in [1.54, 1.807) is 0 Å². The Balaban J connectivity index is 1.94. The van der Waals surface area contributed by atoms with Gasteiger partial charge in [0.15, 0.2) is 0 Å². The number of rotatable bonds is 7. The molecule has 21 heavy (non-hydrogen) atoms. The Labute approximate surface area is 132 Å². The summed E-state index contributed by atoms with van der Waals surface area (Å²) in [5.74, 6) is 0.202. The smallest absolute Gasteiger partial charge is 0.220 e. The van der Waals surface area contributed by atoms with Crippen molar-refractivity contribution in [3.8, 4) is 0 Å². The first-order valence-electron chi connectivity index (χ1n) is 8.35. The van der Waals surface area contributed by atoms with Gasteiger partial charge in [-0.15, -0.1) is 11.3 Å². The van der Waals surface area contributed by atoms with Crippen molar-refractivity contribution in [2.75, 3.05) is 19.6 Å². The largest absolute Gasteiger partial charge is 0.354 e. The highest BCUT2D eigenvalue weighted by Crippen LogP contribution is 2.27. The summed E-state index contributed by atoms with van der Waals surface area (Å²) in [5.41, 5.74) is 0. The van der Waals surface area contributed by atoms with Crippen LogP contribution in [0.5, 0.6) is 0 Å². The van der Waals surface area contributed by atoms with Crippen LogP contribution in [0.25, 0.3) is 0 Å². The molecular formula is C17H28N2OS. The quantitative estimate of drug-likeness (QED) is 0.826. The number of unbranched alkanes of at least 4 members (excludes halogenated alkanes) is 1. The topological polar surface area (TPSA) is 32.3 Å². The number of nitrogens with zero attached hydrogens (tertiary/aromatic N) is 1. The zero-order valence-electron chi connectivity index (χ0n) is 13.1. The van der Waals surface area contributed by atoms with Crippen LogP contribution < -0.4 is 5.32 Å². The van der Waals surface area contributed by atoms with Crippen LogP contribution in [-0.4, -0.2) is 30.4 Å². The van der Waals surface area contributed by atoms with Gasteiger partial charge in [0.05, 0.1) is 6.04 Å². The molecule has 0 spiro atoms. The second kappa shape index (κ2) is 9.21. The van der Waals surface area contributed by atoms with Crippen LogP contribution in [-0.2, 0) is 4.79 Å². The van der Waals surface area contributed by atoms with Gasteiger partial charge in [-0.3, -0.25) is 9.69 Å². The van der Waals surface area contributed by atoms with Crippen molar-refractivity contribution in [3.05, 3.63) is 22.4 Å². The predicted molar refractivity (Wildman–Crippen MR) is 89.6 cm³/mol. The van der Waals surface area contributed by atoms with Crippen molar-refractivity contribution in [1.29, 1.82) is 0 Å². The highest BCUT2D eigenvalue weighted by molar-refractivity contribution is 7.10. The lowest BCUT2D eigenvalue weighted by molar-refractivity contribution is -0.121. The average molecular weight is 308 g/mol. The minimum absolute atomic E-state index is 0.202. The van der Waals surface area contributed by atoms with Gasteiger partial charge >= 0.3 is 0 Å². The third kappa shape index (κ3) is 5.44. The summed E-state index contributed by atoms with van der Waals surface area (Å²) in [6, 6.07) is 4.68. The number of thiophene rings is 1. The molecule has 118 valence electrons. The summed E-state index contributed by atoms with van der Waals surface area (Å²) >= 11 is 1.81. The molecule has 4 heteroatoms. The lowest BCUT2D eigenvalue weighted by Crippen LogP contribution is -2.38. The SMILES string of the molecule is CCCCC(=O)NCC(c1cccs1)N1CCCCCC1. The average Bonchev–Trinajstić information content (AvgIpc) is 2.88. The molecule has 3 nitrogen and oxygen atoms in total. The second-order valence-corrected chi connectivity index (χ2v) is 6.87. The number of nitrogens with one attached hydrogen (secondary N) is 1. The van der Waals surface area contributed by atoms with Gasteiger partial charge in [0, 0.05) is 17.8 Å². The maximum atomic E-state index is 11.9. The van der Waals surface area contributed by atoms with E-state index in [2.05, 4.69) is 34.7 Å². The van der Waals surface area contributed by atoms with E-state index in [4.69, 9.17) is 0 Å². The van der Waals surface area contributed by atoms with Gasteiger partial charge < -0.3 is 5.32 Å². The first kappa shape index (κ1) is 16.5. The molecule has 1 atom stereocenters. The molecule has 1 saturated heterocycles. The zero-order valence-corrected chi connectivity index (χ0v) is 14.0. The molecule has 1 unspecified atom stereocenters. The number of hydrogen-bond donors (Lipinski definition) is 1. The Hall–Kier alpha value is -0.870. The van der Waals surface area contributed by atoms with E-state index in [1.165, 1.54) is 30.6 Å². The number of hydrogen-bond acceptors (Lipinski definition) is 3. The predicted octanol–water partition coefficient (Wildman–Crippen LogP) is 3.97. The molecule has 0 aromatic carbocycles. The standard InChI is InChI=1S/C17H28N2OS/c1-2-3-10-17(20)18-14-15(16-9-8-13-21-16)19-11-6-4-5-7-12-19/h8-9,13,15H,2-7,10-12,14H2,1H3,(H,18,20). The zero-order chi connectivity index (χ0) is 14.9. The first-order chi connectivity index (χ1) is 10.3. The van der Waals surface area contributed by atoms with Gasteiger partial charge in [-0.25, -0.2) is 0 Å². The van der Waals surface area contributed by atoms with Crippen molar-refractivity contribution in [1.82, 2.24) is 10.2 Å². The summed E-state index contributed by atoms with van der Waals surface area (Å²) in [6.45, 7) is 5.20. The molecular weight excluding hydrogens is 280 g/mol. The molecule has 0 aliphatic carbocycles. The normalized spacial score (nSPS) is 18.1. The number of carbonyl (C=O) groups excluding carboxylic acids is 1. The van der Waals surface area contributed by atoms with E-state index >= 15 is 0 Å². The van der Waals surface area contributed by atoms with Crippen molar-refractivity contribution >= 4 is 17.2 Å². The van der Waals surface area contributed by atoms with Crippen molar-refractivity contribution in [2.45, 2.75) is 57.9 Å². The van der Waals surface area contributed by atoms with Gasteiger partial charge in [-0.2, -0.15) is 0 Å². The Kier molecular flexibility index (Phi) is 7.24. The molecule has 1 aliphatic rings. The first-order valence-corrected chi connectivity index (χ1v) is 9.23. The highest BCUT2D eigenvalue weighted by Gasteiger charge is 2.22. The summed E-state index contributed by atoms with van der Waals surface area (Å²) in [6.07, 6.45) is 7.98. The van der Waals surface area contributed by atoms with Crippen molar-refractivity contribution < 1.29 is 4.79 Å². The van der Waals surface area contributed by atoms with Crippen LogP contribution in [0.4, 0.5) is 0 Å². The summed E-state index contributed by atoms with van der Waals surface area (Å²) in [4.78, 5) is 15.9. The lowest BCUT2D eigenvalue weighted by atomic mass is 10.1. The second-order valence-electron chi connectivity index (χ2n) is 5.89. The lowest BCUT2D eigenvalue weighted by Gasteiger charge is -2.30. The van der Waals surface area contributed by atoms with E-state index < -0.39 is 0 Å². The number of likely N-dealkylation sites (tertiary alicyclic amines) is 1. The third-order valence-corrected chi connectivity index (χ3v) is 5.18. The van der Waals surface area contributed by atoms with E-state index in [9.17, 15) is 4.79 Å². The highest BCUT2D eigenvalue weighted by atomic mass is 32.1. The molecule has 0 saturated carbocycles. The Morgan fingerprint density at radius 3 is 2.71 bits per heavy atom. The molecule has 1 aromatic rings. The van der Waals surface area contributed by atoms with E-state index in [1.807, 2.05) is 11.3 Å². The van der Waals surface area contributed by atoms with Gasteiger partial charge in [-0.05, 0) is 43.8 Å². The summed E-state index contributed by atoms with van der Waals surface area (Å²) in [7, 11) is 0. The van der Waals surface area contributed by atoms with Gasteiger partial charge in [0.1, 0.15) is 0 Å². The van der Waals surface area contributed by atoms with E-state index in [-0.39, 0.29) is 5.91 Å². The van der Waals surface area contributed by atoms with Gasteiger partial charge in [0.2, 0.25) is 5.91 Å². The van der Waals surface area contributed by atoms with Gasteiger partial charge in [-0.1, -0.05) is 32.3 Å². The Morgan fingerprint density at radius 2 is 2.10 bits per heavy atom. The molecule has 2 rings (SSSR count). The maximum absolute atomic E-state index is 11.9. The summed E-state index contributed by atoms with van der Waals surface area (Å²) < 4.78 is 0. The van der Waals surface area contributed by atoms with E-state index in [0.29, 0.717) is 12.5 Å². The molecule has 2 heterocycles. The van der Waals surface area contributed by atoms with E-state index in [0.717, 1.165) is 32.5 Å². The minimum Gasteiger partial charge on any atom is -0.354 e. The molecule has 0 radical (unpaired) electrons. The van der Waals surface area contributed by atoms with Crippen LogP contribution in [0.2, 0.25) is 0 Å². The molecule has 0 bridgehead atoms. The third-order valence-electron chi connectivity index (χ3n) is 4.20. The monoisotopic (exact) mass is 308 g/mol. The molecule has 1 aliphatic heterocycles. The summed E-state index contributed by atoms with van der Waals surface area (Å²) in [5, 5.41) is 5.29. The van der Waals surface area contributed by atoms with Crippen LogP contribution >= 0.6 is 11.3 Å². The molecule has 1 aromatic heterocycles. The van der Waals surface area contributed by atoms with Crippen LogP contribution in [0.15, 0.2) is 17.5 Å². The molecule has 1 amide bonds. The maximum Gasteiger partial charge on any atom is 0.220 e. The fourth-order valence-electron chi connectivity index (χ4n) is 2.93. The van der Waals surface area contributed by atoms with Crippen molar-refractivity contribution in [2.24, 2.45) is 0 Å². The van der Waals surface area contributed by atoms with Crippen molar-refractivity contribution in [3.63, 3.8) is 0 Å². The Morgan fingerprint density at radius 1 is 1.33 bits per heavy atom.